The zero-order valence-electron chi connectivity index (χ0n) is 10.8. The molecule has 0 aliphatic carbocycles. The Bertz CT molecular complexity index is 573. The third-order valence-electron chi connectivity index (χ3n) is 2.53. The Morgan fingerprint density at radius 2 is 1.90 bits per heavy atom. The summed E-state index contributed by atoms with van der Waals surface area (Å²) in [6, 6.07) is 3.55. The number of nitrogens with zero attached hydrogens (tertiary/aromatic N) is 1. The fourth-order valence-corrected chi connectivity index (χ4v) is 2.42. The predicted octanol–water partition coefficient (Wildman–Crippen LogP) is 1.69. The molecule has 0 aliphatic rings. The lowest BCUT2D eigenvalue weighted by atomic mass is 10.2. The van der Waals surface area contributed by atoms with Crippen molar-refractivity contribution in [3.8, 4) is 0 Å². The van der Waals surface area contributed by atoms with E-state index in [2.05, 4.69) is 0 Å². The summed E-state index contributed by atoms with van der Waals surface area (Å²) in [6.07, 6.45) is -3.85. The molecule has 1 aromatic rings. The number of nitrogen functional groups attached to an aromatic ring is 1. The van der Waals surface area contributed by atoms with Gasteiger partial charge in [-0.15, -0.1) is 0 Å². The van der Waals surface area contributed by atoms with E-state index in [1.807, 2.05) is 0 Å². The Kier molecular flexibility index (Phi) is 4.87. The van der Waals surface area contributed by atoms with Gasteiger partial charge in [0.2, 0.25) is 10.0 Å². The number of hydrogen-bond acceptors (Lipinski definition) is 4. The molecule has 0 unspecified atom stereocenters. The zero-order valence-corrected chi connectivity index (χ0v) is 11.6. The normalized spacial score (nSPS) is 12.4. The van der Waals surface area contributed by atoms with Crippen molar-refractivity contribution in [2.45, 2.75) is 24.4 Å². The maximum Gasteiger partial charge on any atom is 0.405 e. The van der Waals surface area contributed by atoms with E-state index >= 15 is 0 Å². The number of hydrogen-bond donors (Lipinski definition) is 2. The van der Waals surface area contributed by atoms with Crippen molar-refractivity contribution in [1.82, 2.24) is 0 Å². The van der Waals surface area contributed by atoms with Gasteiger partial charge in [-0.05, 0) is 24.6 Å². The van der Waals surface area contributed by atoms with Crippen LogP contribution < -0.4 is 15.8 Å². The molecule has 0 bridgehead atoms. The lowest BCUT2D eigenvalue weighted by molar-refractivity contribution is -0.119. The van der Waals surface area contributed by atoms with E-state index in [4.69, 9.17) is 10.9 Å². The minimum atomic E-state index is -4.36. The largest absolute Gasteiger partial charge is 0.405 e. The molecular formula is C11H16F3N3O2S. The maximum absolute atomic E-state index is 12.5. The summed E-state index contributed by atoms with van der Waals surface area (Å²) < 4.78 is 59.9. The number of anilines is 2. The summed E-state index contributed by atoms with van der Waals surface area (Å²) in [4.78, 5) is 0.785. The summed E-state index contributed by atoms with van der Waals surface area (Å²) in [6.45, 7) is 0.786. The van der Waals surface area contributed by atoms with Crippen LogP contribution in [0.4, 0.5) is 24.5 Å². The third-order valence-corrected chi connectivity index (χ3v) is 3.51. The molecule has 0 heterocycles. The van der Waals surface area contributed by atoms with Gasteiger partial charge in [-0.1, -0.05) is 6.92 Å². The highest BCUT2D eigenvalue weighted by atomic mass is 32.2. The van der Waals surface area contributed by atoms with Crippen molar-refractivity contribution >= 4 is 21.4 Å². The molecule has 0 aliphatic heterocycles. The molecule has 0 saturated carbocycles. The van der Waals surface area contributed by atoms with Gasteiger partial charge in [-0.25, -0.2) is 13.6 Å². The van der Waals surface area contributed by atoms with Crippen LogP contribution in [0, 0.1) is 0 Å². The Morgan fingerprint density at radius 3 is 2.30 bits per heavy atom. The Hall–Kier alpha value is -1.48. The van der Waals surface area contributed by atoms with Crippen molar-refractivity contribution in [3.05, 3.63) is 18.2 Å². The molecule has 20 heavy (non-hydrogen) atoms. The number of primary sulfonamides is 1. The molecule has 9 heteroatoms. The molecule has 1 rings (SSSR count). The van der Waals surface area contributed by atoms with Crippen molar-refractivity contribution in [2.75, 3.05) is 23.7 Å². The van der Waals surface area contributed by atoms with Gasteiger partial charge in [-0.2, -0.15) is 13.2 Å². The minimum absolute atomic E-state index is 0.173. The first-order valence-electron chi connectivity index (χ1n) is 5.78. The van der Waals surface area contributed by atoms with Crippen LogP contribution in [0.1, 0.15) is 13.3 Å². The van der Waals surface area contributed by atoms with Crippen LogP contribution in [0.15, 0.2) is 23.1 Å². The maximum atomic E-state index is 12.5. The smallest absolute Gasteiger partial charge is 0.398 e. The van der Waals surface area contributed by atoms with E-state index in [0.29, 0.717) is 6.42 Å². The number of sulfonamides is 1. The van der Waals surface area contributed by atoms with Crippen LogP contribution in [0.3, 0.4) is 0 Å². The summed E-state index contributed by atoms with van der Waals surface area (Å²) in [5, 5.41) is 4.94. The van der Waals surface area contributed by atoms with E-state index < -0.39 is 22.7 Å². The lowest BCUT2D eigenvalue weighted by Crippen LogP contribution is -2.35. The Morgan fingerprint density at radius 1 is 1.30 bits per heavy atom. The molecule has 0 saturated heterocycles. The lowest BCUT2D eigenvalue weighted by Gasteiger charge is -2.26. The Balaban J connectivity index is 3.13. The highest BCUT2D eigenvalue weighted by Gasteiger charge is 2.31. The van der Waals surface area contributed by atoms with Crippen molar-refractivity contribution in [3.63, 3.8) is 0 Å². The molecule has 5 nitrogen and oxygen atoms in total. The van der Waals surface area contributed by atoms with Crippen LogP contribution in [0.5, 0.6) is 0 Å². The van der Waals surface area contributed by atoms with Gasteiger partial charge in [0, 0.05) is 12.2 Å². The van der Waals surface area contributed by atoms with Crippen molar-refractivity contribution in [2.24, 2.45) is 5.14 Å². The van der Waals surface area contributed by atoms with Gasteiger partial charge in [0.25, 0.3) is 0 Å². The number of rotatable bonds is 5. The number of alkyl halides is 3. The fraction of sp³-hybridized carbons (Fsp3) is 0.455. The van der Waals surface area contributed by atoms with E-state index in [9.17, 15) is 21.6 Å². The van der Waals surface area contributed by atoms with Crippen LogP contribution in [0.2, 0.25) is 0 Å². The average molecular weight is 311 g/mol. The topological polar surface area (TPSA) is 89.4 Å². The average Bonchev–Trinajstić information content (AvgIpc) is 2.24. The highest BCUT2D eigenvalue weighted by Crippen LogP contribution is 2.27. The minimum Gasteiger partial charge on any atom is -0.398 e. The van der Waals surface area contributed by atoms with Gasteiger partial charge in [0.05, 0.1) is 5.69 Å². The van der Waals surface area contributed by atoms with Crippen LogP contribution >= 0.6 is 0 Å². The van der Waals surface area contributed by atoms with E-state index in [1.165, 1.54) is 12.1 Å². The second kappa shape index (κ2) is 5.88. The van der Waals surface area contributed by atoms with E-state index in [-0.39, 0.29) is 22.8 Å². The second-order valence-electron chi connectivity index (χ2n) is 4.30. The van der Waals surface area contributed by atoms with E-state index in [1.54, 1.807) is 6.92 Å². The standard InChI is InChI=1S/C11H16F3N3O2S/c1-2-5-17(7-11(12,13)14)8-3-4-10(9(15)6-8)20(16,18)19/h3-4,6H,2,5,7,15H2,1H3,(H2,16,18,19). The van der Waals surface area contributed by atoms with Crippen LogP contribution in [0.25, 0.3) is 0 Å². The summed E-state index contributed by atoms with van der Waals surface area (Å²) >= 11 is 0. The molecule has 0 atom stereocenters. The van der Waals surface area contributed by atoms with Crippen LogP contribution in [-0.4, -0.2) is 27.7 Å². The monoisotopic (exact) mass is 311 g/mol. The van der Waals surface area contributed by atoms with Gasteiger partial charge in [-0.3, -0.25) is 0 Å². The fourth-order valence-electron chi connectivity index (χ4n) is 1.78. The number of halogens is 3. The van der Waals surface area contributed by atoms with Crippen molar-refractivity contribution < 1.29 is 21.6 Å². The first-order chi connectivity index (χ1) is 9.04. The molecule has 4 N–H and O–H groups in total. The summed E-state index contributed by atoms with van der Waals surface area (Å²) in [7, 11) is -3.99. The van der Waals surface area contributed by atoms with Crippen LogP contribution in [-0.2, 0) is 10.0 Å². The number of nitrogens with two attached hydrogens (primary N) is 2. The summed E-state index contributed by atoms with van der Waals surface area (Å²) in [5.41, 5.74) is 5.57. The third kappa shape index (κ3) is 4.57. The second-order valence-corrected chi connectivity index (χ2v) is 5.83. The summed E-state index contributed by atoms with van der Waals surface area (Å²) in [5.74, 6) is 0. The molecular weight excluding hydrogens is 295 g/mol. The van der Waals surface area contributed by atoms with E-state index in [0.717, 1.165) is 11.0 Å². The van der Waals surface area contributed by atoms with Gasteiger partial charge >= 0.3 is 6.18 Å². The molecule has 0 radical (unpaired) electrons. The predicted molar refractivity (Wildman–Crippen MR) is 70.8 cm³/mol. The number of benzene rings is 1. The molecule has 1 aromatic carbocycles. The molecule has 0 spiro atoms. The molecule has 0 amide bonds. The van der Waals surface area contributed by atoms with Crippen molar-refractivity contribution in [1.29, 1.82) is 0 Å². The Labute approximate surface area is 115 Å². The molecule has 0 aromatic heterocycles. The zero-order chi connectivity index (χ0) is 15.6. The van der Waals surface area contributed by atoms with Gasteiger partial charge < -0.3 is 10.6 Å². The first-order valence-corrected chi connectivity index (χ1v) is 7.33. The van der Waals surface area contributed by atoms with Gasteiger partial charge in [0.1, 0.15) is 11.4 Å². The highest BCUT2D eigenvalue weighted by molar-refractivity contribution is 7.89. The first kappa shape index (κ1) is 16.6. The molecule has 0 fully saturated rings. The molecule has 114 valence electrons. The van der Waals surface area contributed by atoms with Gasteiger partial charge in [0.15, 0.2) is 0 Å². The quantitative estimate of drug-likeness (QED) is 0.810. The SMILES string of the molecule is CCCN(CC(F)(F)F)c1ccc(S(N)(=O)=O)c(N)c1.